The lowest BCUT2D eigenvalue weighted by atomic mass is 9.84. The van der Waals surface area contributed by atoms with Gasteiger partial charge in [-0.25, -0.2) is 4.98 Å². The molecule has 1 aliphatic rings. The van der Waals surface area contributed by atoms with Crippen molar-refractivity contribution in [3.63, 3.8) is 0 Å². The van der Waals surface area contributed by atoms with E-state index in [0.29, 0.717) is 0 Å². The number of hydrogen-bond acceptors (Lipinski definition) is 3. The molecule has 1 saturated carbocycles. The first-order chi connectivity index (χ1) is 9.06. The number of aryl methyl sites for hydroxylation is 1. The van der Waals surface area contributed by atoms with Gasteiger partial charge in [-0.15, -0.1) is 0 Å². The number of ether oxygens (including phenoxy) is 1. The smallest absolute Gasteiger partial charge is 0.121 e. The predicted octanol–water partition coefficient (Wildman–Crippen LogP) is 2.35. The molecule has 2 aromatic rings. The third kappa shape index (κ3) is 1.74. The molecule has 4 nitrogen and oxygen atoms in total. The molecular formula is C15H21N3O. The van der Waals surface area contributed by atoms with E-state index in [9.17, 15) is 0 Å². The second-order valence-corrected chi connectivity index (χ2v) is 5.77. The molecule has 3 rings (SSSR count). The van der Waals surface area contributed by atoms with Crippen LogP contribution in [0.2, 0.25) is 0 Å². The van der Waals surface area contributed by atoms with Gasteiger partial charge >= 0.3 is 0 Å². The highest BCUT2D eigenvalue weighted by Crippen LogP contribution is 2.40. The van der Waals surface area contributed by atoms with Gasteiger partial charge in [0.2, 0.25) is 0 Å². The van der Waals surface area contributed by atoms with E-state index in [1.54, 1.807) is 7.11 Å². The van der Waals surface area contributed by atoms with E-state index in [0.717, 1.165) is 35.4 Å². The number of aromatic nitrogens is 2. The van der Waals surface area contributed by atoms with Crippen LogP contribution in [0.15, 0.2) is 18.2 Å². The molecule has 0 aliphatic heterocycles. The van der Waals surface area contributed by atoms with Crippen molar-refractivity contribution in [1.29, 1.82) is 0 Å². The van der Waals surface area contributed by atoms with Crippen LogP contribution in [-0.4, -0.2) is 22.7 Å². The zero-order valence-electron chi connectivity index (χ0n) is 11.8. The zero-order valence-corrected chi connectivity index (χ0v) is 11.8. The molecule has 0 spiro atoms. The number of benzene rings is 1. The number of fused-ring (bicyclic) bond motifs is 1. The van der Waals surface area contributed by atoms with Gasteiger partial charge in [0.25, 0.3) is 0 Å². The van der Waals surface area contributed by atoms with Crippen LogP contribution in [0.3, 0.4) is 0 Å². The van der Waals surface area contributed by atoms with Crippen molar-refractivity contribution in [2.75, 3.05) is 7.11 Å². The Bertz CT molecular complexity index is 619. The number of rotatable bonds is 2. The van der Waals surface area contributed by atoms with Crippen molar-refractivity contribution >= 4 is 11.0 Å². The summed E-state index contributed by atoms with van der Waals surface area (Å²) in [5.41, 5.74) is 8.42. The van der Waals surface area contributed by atoms with E-state index >= 15 is 0 Å². The monoisotopic (exact) mass is 259 g/mol. The maximum atomic E-state index is 6.31. The molecule has 2 N–H and O–H groups in total. The lowest BCUT2D eigenvalue weighted by molar-refractivity contribution is 0.395. The molecule has 1 fully saturated rings. The first kappa shape index (κ1) is 12.5. The molecule has 4 heteroatoms. The van der Waals surface area contributed by atoms with Crippen LogP contribution >= 0.6 is 0 Å². The standard InChI is InChI=1S/C15H21N3O/c1-15(8-4-5-13(15)16)14-17-11-9-10(19-3)6-7-12(11)18(14)2/h6-7,9,13H,4-5,8,16H2,1-3H3. The Balaban J connectivity index is 2.17. The van der Waals surface area contributed by atoms with Crippen LogP contribution in [0.25, 0.3) is 11.0 Å². The van der Waals surface area contributed by atoms with Crippen molar-refractivity contribution in [2.45, 2.75) is 37.6 Å². The first-order valence-electron chi connectivity index (χ1n) is 6.83. The fourth-order valence-corrected chi connectivity index (χ4v) is 3.29. The van der Waals surface area contributed by atoms with E-state index in [1.165, 1.54) is 6.42 Å². The minimum atomic E-state index is -0.0129. The van der Waals surface area contributed by atoms with Crippen LogP contribution in [0.5, 0.6) is 5.75 Å². The largest absolute Gasteiger partial charge is 0.497 e. The molecule has 19 heavy (non-hydrogen) atoms. The fraction of sp³-hybridized carbons (Fsp3) is 0.533. The highest BCUT2D eigenvalue weighted by Gasteiger charge is 2.41. The first-order valence-corrected chi connectivity index (χ1v) is 6.83. The Hall–Kier alpha value is -1.55. The Morgan fingerprint density at radius 1 is 1.47 bits per heavy atom. The Labute approximate surface area is 113 Å². The number of hydrogen-bond donors (Lipinski definition) is 1. The lowest BCUT2D eigenvalue weighted by Crippen LogP contribution is -2.40. The van der Waals surface area contributed by atoms with Crippen molar-refractivity contribution < 1.29 is 4.74 Å². The van der Waals surface area contributed by atoms with E-state index in [1.807, 2.05) is 12.1 Å². The molecule has 0 amide bonds. The Kier molecular flexibility index (Phi) is 2.78. The van der Waals surface area contributed by atoms with Gasteiger partial charge in [-0.05, 0) is 25.0 Å². The molecule has 1 heterocycles. The van der Waals surface area contributed by atoms with Gasteiger partial charge in [-0.1, -0.05) is 13.3 Å². The molecule has 0 bridgehead atoms. The minimum absolute atomic E-state index is 0.0129. The van der Waals surface area contributed by atoms with Gasteiger partial charge in [0.15, 0.2) is 0 Å². The van der Waals surface area contributed by atoms with Crippen molar-refractivity contribution in [3.05, 3.63) is 24.0 Å². The highest BCUT2D eigenvalue weighted by molar-refractivity contribution is 5.78. The van der Waals surface area contributed by atoms with Gasteiger partial charge in [0, 0.05) is 24.6 Å². The SMILES string of the molecule is COc1ccc2c(c1)nc(C1(C)CCCC1N)n2C. The third-order valence-corrected chi connectivity index (χ3v) is 4.63. The Morgan fingerprint density at radius 2 is 2.26 bits per heavy atom. The van der Waals surface area contributed by atoms with Gasteiger partial charge in [0.1, 0.15) is 11.6 Å². The summed E-state index contributed by atoms with van der Waals surface area (Å²) in [5.74, 6) is 1.94. The number of methoxy groups -OCH3 is 1. The summed E-state index contributed by atoms with van der Waals surface area (Å²) in [6.07, 6.45) is 3.38. The van der Waals surface area contributed by atoms with Gasteiger partial charge in [-0.2, -0.15) is 0 Å². The molecule has 2 atom stereocenters. The molecule has 1 aromatic heterocycles. The average Bonchev–Trinajstić information content (AvgIpc) is 2.92. The predicted molar refractivity (Wildman–Crippen MR) is 76.4 cm³/mol. The summed E-state index contributed by atoms with van der Waals surface area (Å²) in [4.78, 5) is 4.83. The Morgan fingerprint density at radius 3 is 2.89 bits per heavy atom. The van der Waals surface area contributed by atoms with Crippen LogP contribution < -0.4 is 10.5 Å². The van der Waals surface area contributed by atoms with Crippen LogP contribution in [0, 0.1) is 0 Å². The molecule has 102 valence electrons. The fourth-order valence-electron chi connectivity index (χ4n) is 3.29. The molecule has 0 radical (unpaired) electrons. The highest BCUT2D eigenvalue weighted by atomic mass is 16.5. The number of imidazole rings is 1. The van der Waals surface area contributed by atoms with Crippen LogP contribution in [0.4, 0.5) is 0 Å². The van der Waals surface area contributed by atoms with Crippen LogP contribution in [-0.2, 0) is 12.5 Å². The summed E-state index contributed by atoms with van der Waals surface area (Å²) in [5, 5.41) is 0. The lowest BCUT2D eigenvalue weighted by Gasteiger charge is -2.28. The number of nitrogens with zero attached hydrogens (tertiary/aromatic N) is 2. The summed E-state index contributed by atoms with van der Waals surface area (Å²) in [7, 11) is 3.76. The average molecular weight is 259 g/mol. The molecule has 1 aromatic carbocycles. The summed E-state index contributed by atoms with van der Waals surface area (Å²) < 4.78 is 7.45. The van der Waals surface area contributed by atoms with Crippen molar-refractivity contribution in [2.24, 2.45) is 12.8 Å². The summed E-state index contributed by atoms with van der Waals surface area (Å²) in [6.45, 7) is 2.24. The number of nitrogens with two attached hydrogens (primary N) is 1. The molecular weight excluding hydrogens is 238 g/mol. The third-order valence-electron chi connectivity index (χ3n) is 4.63. The van der Waals surface area contributed by atoms with Crippen LogP contribution in [0.1, 0.15) is 32.0 Å². The van der Waals surface area contributed by atoms with Gasteiger partial charge < -0.3 is 15.0 Å². The molecule has 0 saturated heterocycles. The molecule has 2 unspecified atom stereocenters. The maximum Gasteiger partial charge on any atom is 0.121 e. The van der Waals surface area contributed by atoms with Crippen molar-refractivity contribution in [3.8, 4) is 5.75 Å². The van der Waals surface area contributed by atoms with E-state index in [-0.39, 0.29) is 11.5 Å². The molecule has 1 aliphatic carbocycles. The normalized spacial score (nSPS) is 27.1. The summed E-state index contributed by atoms with van der Waals surface area (Å²) >= 11 is 0. The topological polar surface area (TPSA) is 53.1 Å². The maximum absolute atomic E-state index is 6.31. The van der Waals surface area contributed by atoms with Gasteiger partial charge in [-0.3, -0.25) is 0 Å². The second-order valence-electron chi connectivity index (χ2n) is 5.77. The summed E-state index contributed by atoms with van der Waals surface area (Å²) in [6, 6.07) is 6.23. The zero-order chi connectivity index (χ0) is 13.6. The minimum Gasteiger partial charge on any atom is -0.497 e. The van der Waals surface area contributed by atoms with E-state index < -0.39 is 0 Å². The van der Waals surface area contributed by atoms with Crippen molar-refractivity contribution in [1.82, 2.24) is 9.55 Å². The van der Waals surface area contributed by atoms with E-state index in [4.69, 9.17) is 15.5 Å². The van der Waals surface area contributed by atoms with E-state index in [2.05, 4.69) is 24.6 Å². The quantitative estimate of drug-likeness (QED) is 0.900. The van der Waals surface area contributed by atoms with Gasteiger partial charge in [0.05, 0.1) is 18.1 Å². The second kappa shape index (κ2) is 4.23.